The summed E-state index contributed by atoms with van der Waals surface area (Å²) in [5.41, 5.74) is 0. The first-order chi connectivity index (χ1) is 36.8. The van der Waals surface area contributed by atoms with Crippen LogP contribution in [0.5, 0.6) is 0 Å². The fraction of sp³-hybridized carbons (Fsp3) is 0.924. The molecule has 9 heteroatoms. The van der Waals surface area contributed by atoms with E-state index in [1.807, 2.05) is 6.08 Å². The summed E-state index contributed by atoms with van der Waals surface area (Å²) >= 11 is 0. The maximum absolute atomic E-state index is 13.1. The van der Waals surface area contributed by atoms with Gasteiger partial charge in [0.2, 0.25) is 5.91 Å². The van der Waals surface area contributed by atoms with Gasteiger partial charge in [0.05, 0.1) is 25.4 Å². The third-order valence-corrected chi connectivity index (χ3v) is 16.0. The molecule has 75 heavy (non-hydrogen) atoms. The molecule has 1 amide bonds. The number of hydrogen-bond acceptors (Lipinski definition) is 8. The fourth-order valence-corrected chi connectivity index (χ4v) is 10.8. The molecule has 0 spiro atoms. The molecule has 0 aromatic rings. The van der Waals surface area contributed by atoms with E-state index in [1.165, 1.54) is 276 Å². The third kappa shape index (κ3) is 45.1. The van der Waals surface area contributed by atoms with Crippen LogP contribution in [-0.2, 0) is 14.3 Å². The van der Waals surface area contributed by atoms with E-state index in [-0.39, 0.29) is 12.5 Å². The van der Waals surface area contributed by atoms with Crippen LogP contribution in [0.4, 0.5) is 0 Å². The lowest BCUT2D eigenvalue weighted by Crippen LogP contribution is -2.60. The van der Waals surface area contributed by atoms with Crippen LogP contribution in [0.3, 0.4) is 0 Å². The van der Waals surface area contributed by atoms with Crippen molar-refractivity contribution in [2.24, 2.45) is 0 Å². The van der Waals surface area contributed by atoms with Gasteiger partial charge in [0.25, 0.3) is 0 Å². The summed E-state index contributed by atoms with van der Waals surface area (Å²) in [5.74, 6) is -0.179. The molecule has 1 rings (SSSR count). The van der Waals surface area contributed by atoms with Crippen molar-refractivity contribution in [1.82, 2.24) is 5.32 Å². The number of aliphatic hydroxyl groups is 5. The molecular formula is C66H127NO8. The molecule has 0 saturated carbocycles. The smallest absolute Gasteiger partial charge is 0.220 e. The first-order valence-electron chi connectivity index (χ1n) is 33.1. The lowest BCUT2D eigenvalue weighted by Gasteiger charge is -2.40. The fourth-order valence-electron chi connectivity index (χ4n) is 10.8. The molecule has 0 bridgehead atoms. The van der Waals surface area contributed by atoms with Gasteiger partial charge in [-0.2, -0.15) is 0 Å². The largest absolute Gasteiger partial charge is 0.394 e. The number of aliphatic hydroxyl groups excluding tert-OH is 5. The van der Waals surface area contributed by atoms with Crippen LogP contribution in [-0.4, -0.2) is 87.5 Å². The molecule has 1 aliphatic heterocycles. The van der Waals surface area contributed by atoms with Crippen LogP contribution in [0.25, 0.3) is 0 Å². The molecule has 0 radical (unpaired) electrons. The van der Waals surface area contributed by atoms with Crippen LogP contribution >= 0.6 is 0 Å². The molecule has 0 aromatic heterocycles. The lowest BCUT2D eigenvalue weighted by atomic mass is 9.99. The molecule has 0 aliphatic carbocycles. The lowest BCUT2D eigenvalue weighted by molar-refractivity contribution is -0.302. The average Bonchev–Trinajstić information content (AvgIpc) is 3.41. The second kappa shape index (κ2) is 56.0. The van der Waals surface area contributed by atoms with Crippen molar-refractivity contribution in [2.45, 2.75) is 378 Å². The molecule has 7 atom stereocenters. The third-order valence-electron chi connectivity index (χ3n) is 16.0. The summed E-state index contributed by atoms with van der Waals surface area (Å²) in [6.07, 6.45) is 65.7. The molecule has 0 aromatic carbocycles. The summed E-state index contributed by atoms with van der Waals surface area (Å²) in [7, 11) is 0. The molecule has 444 valence electrons. The zero-order valence-electron chi connectivity index (χ0n) is 49.6. The Labute approximate surface area is 464 Å². The van der Waals surface area contributed by atoms with Crippen molar-refractivity contribution in [1.29, 1.82) is 0 Å². The Morgan fingerprint density at radius 3 is 1.12 bits per heavy atom. The van der Waals surface area contributed by atoms with E-state index >= 15 is 0 Å². The van der Waals surface area contributed by atoms with E-state index in [2.05, 4.69) is 31.3 Å². The monoisotopic (exact) mass is 1060 g/mol. The standard InChI is InChI=1S/C66H127NO8/c1-3-5-7-9-11-13-15-17-19-21-23-24-25-26-27-28-29-30-31-32-33-34-35-36-37-38-40-42-44-46-48-50-52-54-56-62(70)67-59(58-74-66-65(73)64(72)63(71)61(57-68)75-66)60(69)55-53-51-49-47-45-43-41-39-22-20-18-16-14-12-10-8-6-4-2/h45,47,53,55,59-61,63-66,68-69,71-73H,3-44,46,48-52,54,56-58H2,1-2H3,(H,67,70)/b47-45+,55-53+. The predicted octanol–water partition coefficient (Wildman–Crippen LogP) is 17.3. The number of ether oxygens (including phenoxy) is 2. The van der Waals surface area contributed by atoms with Crippen LogP contribution in [0.1, 0.15) is 335 Å². The quantitative estimate of drug-likeness (QED) is 0.0261. The highest BCUT2D eigenvalue weighted by Crippen LogP contribution is 2.23. The maximum Gasteiger partial charge on any atom is 0.220 e. The van der Waals surface area contributed by atoms with Crippen LogP contribution in [0, 0.1) is 0 Å². The topological polar surface area (TPSA) is 149 Å². The van der Waals surface area contributed by atoms with Gasteiger partial charge >= 0.3 is 0 Å². The molecule has 1 fully saturated rings. The van der Waals surface area contributed by atoms with E-state index in [9.17, 15) is 30.3 Å². The maximum atomic E-state index is 13.1. The van der Waals surface area contributed by atoms with E-state index in [4.69, 9.17) is 9.47 Å². The highest BCUT2D eigenvalue weighted by Gasteiger charge is 2.44. The van der Waals surface area contributed by atoms with Crippen LogP contribution in [0.2, 0.25) is 0 Å². The second-order valence-corrected chi connectivity index (χ2v) is 23.3. The minimum absolute atomic E-state index is 0.179. The van der Waals surface area contributed by atoms with E-state index in [0.717, 1.165) is 38.5 Å². The number of nitrogens with one attached hydrogen (secondary N) is 1. The number of carbonyl (C=O) groups is 1. The number of hydrogen-bond donors (Lipinski definition) is 6. The van der Waals surface area contributed by atoms with Gasteiger partial charge in [-0.1, -0.05) is 321 Å². The minimum Gasteiger partial charge on any atom is -0.394 e. The Balaban J connectivity index is 2.10. The van der Waals surface area contributed by atoms with Gasteiger partial charge in [-0.05, 0) is 32.1 Å². The molecular weight excluding hydrogens is 935 g/mol. The molecule has 7 unspecified atom stereocenters. The first-order valence-corrected chi connectivity index (χ1v) is 33.1. The average molecular weight is 1060 g/mol. The second-order valence-electron chi connectivity index (χ2n) is 23.3. The summed E-state index contributed by atoms with van der Waals surface area (Å²) in [6.45, 7) is 3.81. The highest BCUT2D eigenvalue weighted by molar-refractivity contribution is 5.76. The van der Waals surface area contributed by atoms with E-state index in [0.29, 0.717) is 6.42 Å². The van der Waals surface area contributed by atoms with Gasteiger partial charge in [-0.15, -0.1) is 0 Å². The summed E-state index contributed by atoms with van der Waals surface area (Å²) in [6, 6.07) is -0.819. The summed E-state index contributed by atoms with van der Waals surface area (Å²) in [5, 5.41) is 54.6. The molecule has 1 aliphatic rings. The number of amides is 1. The Kier molecular flexibility index (Phi) is 53.5. The molecule has 1 heterocycles. The molecule has 6 N–H and O–H groups in total. The normalized spacial score (nSPS) is 18.9. The van der Waals surface area contributed by atoms with Gasteiger partial charge in [0, 0.05) is 6.42 Å². The zero-order chi connectivity index (χ0) is 54.3. The van der Waals surface area contributed by atoms with Gasteiger partial charge in [0.15, 0.2) is 6.29 Å². The van der Waals surface area contributed by atoms with Crippen molar-refractivity contribution in [3.05, 3.63) is 24.3 Å². The predicted molar refractivity (Wildman–Crippen MR) is 318 cm³/mol. The highest BCUT2D eigenvalue weighted by atomic mass is 16.7. The first kappa shape index (κ1) is 71.7. The van der Waals surface area contributed by atoms with Gasteiger partial charge in [-0.3, -0.25) is 4.79 Å². The van der Waals surface area contributed by atoms with Crippen molar-refractivity contribution in [3.63, 3.8) is 0 Å². The van der Waals surface area contributed by atoms with Crippen molar-refractivity contribution in [3.8, 4) is 0 Å². The Hall–Kier alpha value is -1.33. The van der Waals surface area contributed by atoms with Crippen molar-refractivity contribution < 1.29 is 39.8 Å². The van der Waals surface area contributed by atoms with Gasteiger partial charge in [0.1, 0.15) is 24.4 Å². The number of rotatable bonds is 58. The van der Waals surface area contributed by atoms with E-state index < -0.39 is 49.5 Å². The Morgan fingerprint density at radius 2 is 0.760 bits per heavy atom. The number of carbonyl (C=O) groups excluding carboxylic acids is 1. The number of allylic oxidation sites excluding steroid dienone is 3. The summed E-state index contributed by atoms with van der Waals surface area (Å²) < 4.78 is 11.3. The van der Waals surface area contributed by atoms with Gasteiger partial charge in [-0.25, -0.2) is 0 Å². The number of unbranched alkanes of at least 4 members (excludes halogenated alkanes) is 46. The zero-order valence-corrected chi connectivity index (χ0v) is 49.6. The minimum atomic E-state index is -1.57. The van der Waals surface area contributed by atoms with Crippen LogP contribution in [0.15, 0.2) is 24.3 Å². The Bertz CT molecular complexity index is 1230. The summed E-state index contributed by atoms with van der Waals surface area (Å²) in [4.78, 5) is 13.1. The van der Waals surface area contributed by atoms with Gasteiger partial charge < -0.3 is 40.3 Å². The Morgan fingerprint density at radius 1 is 0.440 bits per heavy atom. The van der Waals surface area contributed by atoms with E-state index in [1.54, 1.807) is 6.08 Å². The SMILES string of the molecule is CCCCCCCCCCCCCC/C=C/CC/C=C/C(O)C(COC1OC(CO)C(O)C(O)C1O)NC(=O)CCCCCCCCCCCCCCCCCCCCCCCCCCCCCCCCCCCC. The molecule has 9 nitrogen and oxygen atoms in total. The van der Waals surface area contributed by atoms with Crippen molar-refractivity contribution in [2.75, 3.05) is 13.2 Å². The molecule has 1 saturated heterocycles. The van der Waals surface area contributed by atoms with Crippen LogP contribution < -0.4 is 5.32 Å². The van der Waals surface area contributed by atoms with Crippen molar-refractivity contribution >= 4 is 5.91 Å².